The first-order chi connectivity index (χ1) is 16.1. The molecule has 11 nitrogen and oxygen atoms in total. The second-order valence-electron chi connectivity index (χ2n) is 12.0. The Morgan fingerprint density at radius 1 is 0.545 bits per heavy atom. The molecule has 1 saturated heterocycles. The van der Waals surface area contributed by atoms with Gasteiger partial charge in [0.25, 0.3) is 0 Å². The minimum absolute atomic E-state index is 0. The maximum Gasteiger partial charge on any atom is 0.320 e. The number of esters is 4. The van der Waals surface area contributed by atoms with E-state index in [1.54, 1.807) is 55.4 Å². The number of carbonyl (C=O) groups is 6. The summed E-state index contributed by atoms with van der Waals surface area (Å²) < 4.78 is 13.8. The summed E-state index contributed by atoms with van der Waals surface area (Å²) in [7, 11) is 2.61. The van der Waals surface area contributed by atoms with E-state index >= 15 is 0 Å². The molecule has 0 amide bonds. The molecule has 265 valence electrons. The van der Waals surface area contributed by atoms with Gasteiger partial charge >= 0.3 is 35.8 Å². The topological polar surface area (TPSA) is 171 Å². The van der Waals surface area contributed by atoms with Gasteiger partial charge in [0.15, 0.2) is 0 Å². The maximum absolute atomic E-state index is 11.5. The predicted molar refractivity (Wildman–Crippen MR) is 173 cm³/mol. The average molecular weight is 718 g/mol. The number of carboxylic acids is 2. The molecule has 12 heteroatoms. The predicted octanol–water partition coefficient (Wildman–Crippen LogP) is 7.53. The number of methoxy groups -OCH3 is 2. The maximum atomic E-state index is 11.5. The van der Waals surface area contributed by atoms with Crippen LogP contribution in [0.4, 0.5) is 0 Å². The second-order valence-corrected chi connectivity index (χ2v) is 12.0. The molecule has 0 aromatic carbocycles. The van der Waals surface area contributed by atoms with Gasteiger partial charge in [0.1, 0.15) is 0 Å². The molecule has 0 aliphatic carbocycles. The number of carbonyl (C=O) groups excluding carboxylic acids is 4. The minimum atomic E-state index is -1.27. The summed E-state index contributed by atoms with van der Waals surface area (Å²) in [6, 6.07) is 0. The second kappa shape index (κ2) is 21.8. The zero-order valence-corrected chi connectivity index (χ0v) is 28.0. The van der Waals surface area contributed by atoms with Gasteiger partial charge in [-0.15, -0.1) is 0 Å². The molecule has 1 aliphatic rings. The Balaban J connectivity index is -0.0000000555. The SMILES string of the molecule is C.C.C.C.C.C.CC(C)(C(=O)O)C(C)(C)C(=O)O.CC1(C)C(=O)OC(=O)C1(C)C.COC(=O)C(C)(C)C(C)(C)C(=O)OC.[Y]. The Hall–Kier alpha value is -1.88. The van der Waals surface area contributed by atoms with Crippen molar-refractivity contribution in [2.45, 2.75) is 128 Å². The van der Waals surface area contributed by atoms with Crippen molar-refractivity contribution in [2.75, 3.05) is 14.2 Å². The third kappa shape index (κ3) is 12.9. The van der Waals surface area contributed by atoms with Crippen LogP contribution in [-0.2, 0) is 75.7 Å². The molecule has 0 spiro atoms. The van der Waals surface area contributed by atoms with E-state index in [0.717, 1.165) is 0 Å². The van der Waals surface area contributed by atoms with Crippen molar-refractivity contribution < 1.29 is 85.9 Å². The molecule has 0 atom stereocenters. The van der Waals surface area contributed by atoms with Crippen molar-refractivity contribution in [1.82, 2.24) is 0 Å². The summed E-state index contributed by atoms with van der Waals surface area (Å²) in [4.78, 5) is 66.5. The van der Waals surface area contributed by atoms with Gasteiger partial charge in [-0.05, 0) is 83.1 Å². The van der Waals surface area contributed by atoms with Crippen LogP contribution in [0, 0.1) is 32.5 Å². The number of carboxylic acid groups (broad SMARTS) is 2. The number of cyclic esters (lactones) is 2. The van der Waals surface area contributed by atoms with Crippen LogP contribution in [0.5, 0.6) is 0 Å². The van der Waals surface area contributed by atoms with Crippen LogP contribution in [0.25, 0.3) is 0 Å². The van der Waals surface area contributed by atoms with E-state index in [0.29, 0.717) is 0 Å². The molecular weight excluding hydrogens is 649 g/mol. The monoisotopic (exact) mass is 717 g/mol. The van der Waals surface area contributed by atoms with Crippen molar-refractivity contribution in [2.24, 2.45) is 32.5 Å². The van der Waals surface area contributed by atoms with Crippen LogP contribution in [0.1, 0.15) is 128 Å². The fraction of sp³-hybridized carbons (Fsp3) is 0.812. The number of ether oxygens (including phenoxy) is 3. The molecule has 1 aliphatic heterocycles. The molecule has 1 heterocycles. The van der Waals surface area contributed by atoms with Crippen molar-refractivity contribution in [3.05, 3.63) is 0 Å². The summed E-state index contributed by atoms with van der Waals surface area (Å²) in [6.07, 6.45) is 0. The molecule has 0 bridgehead atoms. The summed E-state index contributed by atoms with van der Waals surface area (Å²) in [5.41, 5.74) is -5.73. The Bertz CT molecular complexity index is 854. The smallest absolute Gasteiger partial charge is 0.320 e. The molecular formula is C32H68O11Y. The van der Waals surface area contributed by atoms with E-state index < -0.39 is 68.3 Å². The summed E-state index contributed by atoms with van der Waals surface area (Å²) >= 11 is 0. The number of aliphatic carboxylic acids is 2. The van der Waals surface area contributed by atoms with Gasteiger partial charge in [-0.3, -0.25) is 28.8 Å². The number of hydrogen-bond donors (Lipinski definition) is 2. The zero-order chi connectivity index (χ0) is 30.6. The van der Waals surface area contributed by atoms with Gasteiger partial charge in [-0.1, -0.05) is 44.6 Å². The van der Waals surface area contributed by atoms with Crippen LogP contribution in [0.15, 0.2) is 0 Å². The first-order valence-corrected chi connectivity index (χ1v) is 11.6. The number of hydrogen-bond acceptors (Lipinski definition) is 9. The minimum Gasteiger partial charge on any atom is -0.481 e. The summed E-state index contributed by atoms with van der Waals surface area (Å²) in [6.45, 7) is 19.2. The third-order valence-electron chi connectivity index (χ3n) is 8.35. The average Bonchev–Trinajstić information content (AvgIpc) is 2.90. The van der Waals surface area contributed by atoms with E-state index in [1.807, 2.05) is 0 Å². The number of rotatable bonds is 6. The molecule has 2 N–H and O–H groups in total. The van der Waals surface area contributed by atoms with Gasteiger partial charge < -0.3 is 24.4 Å². The van der Waals surface area contributed by atoms with Crippen LogP contribution in [0.3, 0.4) is 0 Å². The van der Waals surface area contributed by atoms with Gasteiger partial charge in [0, 0.05) is 32.7 Å². The van der Waals surface area contributed by atoms with Crippen molar-refractivity contribution >= 4 is 35.8 Å². The van der Waals surface area contributed by atoms with Crippen molar-refractivity contribution in [3.63, 3.8) is 0 Å². The molecule has 1 fully saturated rings. The Kier molecular flexibility index (Phi) is 32.2. The zero-order valence-electron chi connectivity index (χ0n) is 25.1. The van der Waals surface area contributed by atoms with Gasteiger partial charge in [0.05, 0.1) is 46.7 Å². The summed E-state index contributed by atoms with van der Waals surface area (Å²) in [5.74, 6) is -3.90. The Labute approximate surface area is 294 Å². The molecule has 1 radical (unpaired) electrons. The quantitative estimate of drug-likeness (QED) is 0.158. The third-order valence-corrected chi connectivity index (χ3v) is 8.35. The van der Waals surface area contributed by atoms with E-state index in [2.05, 4.69) is 14.2 Å². The van der Waals surface area contributed by atoms with Crippen LogP contribution in [0.2, 0.25) is 0 Å². The molecule has 0 aromatic heterocycles. The molecule has 0 saturated carbocycles. The molecule has 0 unspecified atom stereocenters. The van der Waals surface area contributed by atoms with Gasteiger partial charge in [-0.2, -0.15) is 0 Å². The molecule has 1 rings (SSSR count). The van der Waals surface area contributed by atoms with E-state index in [4.69, 9.17) is 10.2 Å². The Morgan fingerprint density at radius 2 is 0.727 bits per heavy atom. The first kappa shape index (κ1) is 64.9. The van der Waals surface area contributed by atoms with E-state index in [9.17, 15) is 28.8 Å². The first-order valence-electron chi connectivity index (χ1n) is 11.6. The fourth-order valence-electron chi connectivity index (χ4n) is 2.40. The van der Waals surface area contributed by atoms with Crippen LogP contribution >= 0.6 is 0 Å². The van der Waals surface area contributed by atoms with Crippen LogP contribution < -0.4 is 0 Å². The van der Waals surface area contributed by atoms with Crippen LogP contribution in [-0.4, -0.2) is 60.2 Å². The van der Waals surface area contributed by atoms with Gasteiger partial charge in [0.2, 0.25) is 0 Å². The molecule has 0 aromatic rings. The fourth-order valence-corrected chi connectivity index (χ4v) is 2.40. The summed E-state index contributed by atoms with van der Waals surface area (Å²) in [5, 5.41) is 17.5. The Morgan fingerprint density at radius 3 is 0.818 bits per heavy atom. The largest absolute Gasteiger partial charge is 0.481 e. The van der Waals surface area contributed by atoms with Crippen molar-refractivity contribution in [3.8, 4) is 0 Å². The standard InChI is InChI=1S/C10H18O4.C8H14O4.C8H12O3.6CH4.Y/c1-9(2,7(11)13-5)10(3,4)8(12)14-6;1-7(2,5(9)10)8(3,4)6(11)12;1-7(2)5(9)11-6(10)8(7,3)4;;;;;;;/h1-6H3;1-4H3,(H,9,10)(H,11,12);1-4H3;6*1H4;. The molecule has 44 heavy (non-hydrogen) atoms. The normalized spacial score (nSPS) is 14.0. The van der Waals surface area contributed by atoms with Crippen molar-refractivity contribution in [1.29, 1.82) is 0 Å². The van der Waals surface area contributed by atoms with E-state index in [-0.39, 0.29) is 77.3 Å². The van der Waals surface area contributed by atoms with Gasteiger partial charge in [-0.25, -0.2) is 0 Å². The van der Waals surface area contributed by atoms with E-state index in [1.165, 1.54) is 41.9 Å².